The smallest absolute Gasteiger partial charge is 0.204 e. The molecule has 0 bridgehead atoms. The number of nitrogens with zero attached hydrogens (tertiary/aromatic N) is 4. The van der Waals surface area contributed by atoms with Crippen LogP contribution in [0.2, 0.25) is 0 Å². The molecule has 0 unspecified atom stereocenters. The number of rotatable bonds is 6. The van der Waals surface area contributed by atoms with Crippen LogP contribution in [0.4, 0.5) is 11.6 Å². The van der Waals surface area contributed by atoms with Gasteiger partial charge < -0.3 is 19.4 Å². The summed E-state index contributed by atoms with van der Waals surface area (Å²) in [4.78, 5) is 7.59. The zero-order chi connectivity index (χ0) is 29.0. The summed E-state index contributed by atoms with van der Waals surface area (Å²) in [5.41, 5.74) is 6.51. The lowest BCUT2D eigenvalue weighted by Crippen LogP contribution is -2.35. The van der Waals surface area contributed by atoms with Crippen LogP contribution < -0.4 is 10.2 Å². The van der Waals surface area contributed by atoms with E-state index in [0.717, 1.165) is 43.1 Å². The van der Waals surface area contributed by atoms with Crippen LogP contribution in [-0.4, -0.2) is 47.9 Å². The average Bonchev–Trinajstić information content (AvgIpc) is 3.51. The van der Waals surface area contributed by atoms with Gasteiger partial charge in [0.2, 0.25) is 5.95 Å². The Labute approximate surface area is 246 Å². The van der Waals surface area contributed by atoms with Gasteiger partial charge in [0.15, 0.2) is 9.84 Å². The monoisotopic (exact) mass is 577 g/mol. The fraction of sp³-hybridized carbons (Fsp3) is 0.265. The minimum atomic E-state index is -3.30. The van der Waals surface area contributed by atoms with Crippen LogP contribution in [0.25, 0.3) is 38.5 Å². The van der Waals surface area contributed by atoms with Gasteiger partial charge in [0.1, 0.15) is 0 Å². The second-order valence-electron chi connectivity index (χ2n) is 11.6. The minimum absolute atomic E-state index is 0.211. The third-order valence-electron chi connectivity index (χ3n) is 8.39. The third kappa shape index (κ3) is 4.60. The summed E-state index contributed by atoms with van der Waals surface area (Å²) < 4.78 is 29.0. The van der Waals surface area contributed by atoms with Gasteiger partial charge in [-0.3, -0.25) is 0 Å². The number of hydrogen-bond acceptors (Lipinski definition) is 5. The molecule has 8 heteroatoms. The molecule has 3 heterocycles. The highest BCUT2D eigenvalue weighted by atomic mass is 32.2. The first-order valence-corrected chi connectivity index (χ1v) is 16.5. The van der Waals surface area contributed by atoms with Gasteiger partial charge in [0, 0.05) is 53.6 Å². The van der Waals surface area contributed by atoms with Crippen LogP contribution >= 0.6 is 0 Å². The predicted molar refractivity (Wildman–Crippen MR) is 173 cm³/mol. The lowest BCUT2D eigenvalue weighted by Gasteiger charge is -2.35. The highest BCUT2D eigenvalue weighted by Gasteiger charge is 2.26. The first-order valence-electron chi connectivity index (χ1n) is 14.6. The van der Waals surface area contributed by atoms with Crippen molar-refractivity contribution in [3.63, 3.8) is 0 Å². The van der Waals surface area contributed by atoms with E-state index >= 15 is 0 Å². The van der Waals surface area contributed by atoms with E-state index in [-0.39, 0.29) is 12.1 Å². The van der Waals surface area contributed by atoms with Gasteiger partial charge in [-0.05, 0) is 81.3 Å². The van der Waals surface area contributed by atoms with E-state index in [2.05, 4.69) is 106 Å². The summed E-state index contributed by atoms with van der Waals surface area (Å²) in [6.45, 7) is 6.05. The quantitative estimate of drug-likeness (QED) is 0.227. The molecule has 0 atom stereocenters. The van der Waals surface area contributed by atoms with Crippen molar-refractivity contribution in [1.82, 2.24) is 14.1 Å². The molecule has 1 fully saturated rings. The third-order valence-corrected chi connectivity index (χ3v) is 9.50. The van der Waals surface area contributed by atoms with Crippen molar-refractivity contribution in [3.05, 3.63) is 91.0 Å². The molecule has 1 saturated heterocycles. The van der Waals surface area contributed by atoms with E-state index in [0.29, 0.717) is 10.4 Å². The fourth-order valence-electron chi connectivity index (χ4n) is 6.43. The SMILES string of the molecule is CC(C)Nc1nc2cc(S(C)(=O)=O)ccc2n1C1CCN(c2ccc(-n3c4ccccc4c4ccccc43)cc2)CC1. The van der Waals surface area contributed by atoms with E-state index in [4.69, 9.17) is 4.98 Å². The maximum absolute atomic E-state index is 12.2. The highest BCUT2D eigenvalue weighted by molar-refractivity contribution is 7.90. The van der Waals surface area contributed by atoms with Crippen LogP contribution in [-0.2, 0) is 9.84 Å². The number of para-hydroxylation sites is 2. The first-order chi connectivity index (χ1) is 20.3. The van der Waals surface area contributed by atoms with Gasteiger partial charge in [-0.1, -0.05) is 36.4 Å². The molecule has 7 nitrogen and oxygen atoms in total. The summed E-state index contributed by atoms with van der Waals surface area (Å²) in [5.74, 6) is 0.805. The van der Waals surface area contributed by atoms with E-state index in [1.54, 1.807) is 12.1 Å². The Morgan fingerprint density at radius 1 is 0.786 bits per heavy atom. The highest BCUT2D eigenvalue weighted by Crippen LogP contribution is 2.35. The van der Waals surface area contributed by atoms with Crippen molar-refractivity contribution in [1.29, 1.82) is 0 Å². The zero-order valence-corrected chi connectivity index (χ0v) is 25.0. The standard InChI is InChI=1S/C34H35N5O2S/c1-23(2)35-34-36-30-22-27(42(3,40)41)16-17-33(30)39(34)26-18-20-37(21-19-26)24-12-14-25(15-13-24)38-31-10-6-4-8-28(31)29-9-5-7-11-32(29)38/h4-17,22-23,26H,18-21H2,1-3H3,(H,35,36). The van der Waals surface area contributed by atoms with Crippen LogP contribution in [0.15, 0.2) is 95.9 Å². The largest absolute Gasteiger partial charge is 0.371 e. The van der Waals surface area contributed by atoms with Crippen molar-refractivity contribution < 1.29 is 8.42 Å². The van der Waals surface area contributed by atoms with Gasteiger partial charge in [-0.15, -0.1) is 0 Å². The van der Waals surface area contributed by atoms with Crippen molar-refractivity contribution >= 4 is 54.3 Å². The van der Waals surface area contributed by atoms with Gasteiger partial charge >= 0.3 is 0 Å². The van der Waals surface area contributed by atoms with Gasteiger partial charge in [-0.25, -0.2) is 13.4 Å². The molecule has 0 saturated carbocycles. The molecule has 0 amide bonds. The molecule has 0 spiro atoms. The molecular formula is C34H35N5O2S. The molecule has 0 radical (unpaired) electrons. The number of benzene rings is 4. The Hall–Kier alpha value is -4.30. The van der Waals surface area contributed by atoms with Crippen LogP contribution in [0.1, 0.15) is 32.7 Å². The van der Waals surface area contributed by atoms with Crippen LogP contribution in [0.5, 0.6) is 0 Å². The van der Waals surface area contributed by atoms with Crippen molar-refractivity contribution in [2.45, 2.75) is 43.7 Å². The lowest BCUT2D eigenvalue weighted by molar-refractivity contribution is 0.406. The van der Waals surface area contributed by atoms with E-state index in [1.165, 1.54) is 33.7 Å². The number of sulfone groups is 1. The van der Waals surface area contributed by atoms with Gasteiger partial charge in [0.05, 0.1) is 27.0 Å². The summed E-state index contributed by atoms with van der Waals surface area (Å²) >= 11 is 0. The molecule has 6 aromatic rings. The second-order valence-corrected chi connectivity index (χ2v) is 13.6. The van der Waals surface area contributed by atoms with Crippen molar-refractivity contribution in [3.8, 4) is 5.69 Å². The Bertz CT molecular complexity index is 1980. The summed E-state index contributed by atoms with van der Waals surface area (Å²) in [6, 6.07) is 31.9. The Kier molecular flexibility index (Phi) is 6.46. The molecule has 1 aliphatic rings. The molecule has 7 rings (SSSR count). The molecule has 4 aromatic carbocycles. The summed E-state index contributed by atoms with van der Waals surface area (Å²) in [6.07, 6.45) is 3.19. The summed E-state index contributed by atoms with van der Waals surface area (Å²) in [7, 11) is -3.30. The van der Waals surface area contributed by atoms with Gasteiger partial charge in [-0.2, -0.15) is 0 Å². The topological polar surface area (TPSA) is 72.2 Å². The Balaban J connectivity index is 1.15. The fourth-order valence-corrected chi connectivity index (χ4v) is 7.08. The van der Waals surface area contributed by atoms with Crippen LogP contribution in [0, 0.1) is 0 Å². The van der Waals surface area contributed by atoms with Crippen LogP contribution in [0.3, 0.4) is 0 Å². The molecule has 214 valence electrons. The predicted octanol–water partition coefficient (Wildman–Crippen LogP) is 7.20. The molecule has 1 N–H and O–H groups in total. The molecule has 2 aromatic heterocycles. The number of hydrogen-bond donors (Lipinski definition) is 1. The molecule has 42 heavy (non-hydrogen) atoms. The first kappa shape index (κ1) is 26.6. The average molecular weight is 578 g/mol. The van der Waals surface area contributed by atoms with E-state index < -0.39 is 9.84 Å². The maximum atomic E-state index is 12.2. The number of fused-ring (bicyclic) bond motifs is 4. The molecular weight excluding hydrogens is 542 g/mol. The van der Waals surface area contributed by atoms with Crippen molar-refractivity contribution in [2.75, 3.05) is 29.6 Å². The normalized spacial score (nSPS) is 14.9. The van der Waals surface area contributed by atoms with Gasteiger partial charge in [0.25, 0.3) is 0 Å². The van der Waals surface area contributed by atoms with E-state index in [1.807, 2.05) is 6.07 Å². The number of anilines is 2. The zero-order valence-electron chi connectivity index (χ0n) is 24.2. The summed E-state index contributed by atoms with van der Waals surface area (Å²) in [5, 5.41) is 6.03. The Morgan fingerprint density at radius 2 is 1.38 bits per heavy atom. The Morgan fingerprint density at radius 3 is 1.98 bits per heavy atom. The molecule has 1 aliphatic heterocycles. The maximum Gasteiger partial charge on any atom is 0.204 e. The van der Waals surface area contributed by atoms with Crippen molar-refractivity contribution in [2.24, 2.45) is 0 Å². The number of nitrogens with one attached hydrogen (secondary N) is 1. The minimum Gasteiger partial charge on any atom is -0.371 e. The number of piperidine rings is 1. The second kappa shape index (κ2) is 10.2. The number of imidazole rings is 1. The van der Waals surface area contributed by atoms with E-state index in [9.17, 15) is 8.42 Å². The lowest BCUT2D eigenvalue weighted by atomic mass is 10.0. The molecule has 0 aliphatic carbocycles. The number of aromatic nitrogens is 3.